The minimum absolute atomic E-state index is 0.121. The molecule has 226 valence electrons. The van der Waals surface area contributed by atoms with Crippen molar-refractivity contribution in [3.63, 3.8) is 0 Å². The number of alkyl halides is 3. The number of fused-ring (bicyclic) bond motifs is 1. The van der Waals surface area contributed by atoms with Crippen LogP contribution < -0.4 is 16.6 Å². The lowest BCUT2D eigenvalue weighted by molar-refractivity contribution is -0.137. The molecule has 0 saturated carbocycles. The highest BCUT2D eigenvalue weighted by atomic mass is 19.4. The maximum Gasteiger partial charge on any atom is 0.416 e. The molecule has 0 unspecified atom stereocenters. The number of ether oxygens (including phenoxy) is 1. The fourth-order valence-electron chi connectivity index (χ4n) is 5.25. The van der Waals surface area contributed by atoms with Crippen LogP contribution >= 0.6 is 0 Å². The monoisotopic (exact) mass is 593 g/mol. The lowest BCUT2D eigenvalue weighted by atomic mass is 9.99. The maximum atomic E-state index is 14.1. The number of hydrogen-bond donors (Lipinski definition) is 2. The lowest BCUT2D eigenvalue weighted by Crippen LogP contribution is -2.39. The van der Waals surface area contributed by atoms with Gasteiger partial charge < -0.3 is 20.4 Å². The number of hydrogen-bond acceptors (Lipinski definition) is 6. The largest absolute Gasteiger partial charge is 0.416 e. The third kappa shape index (κ3) is 7.12. The third-order valence-electron chi connectivity index (χ3n) is 7.65. The molecule has 1 aliphatic heterocycles. The van der Waals surface area contributed by atoms with Crippen molar-refractivity contribution in [2.24, 2.45) is 5.73 Å². The Morgan fingerprint density at radius 3 is 2.58 bits per heavy atom. The summed E-state index contributed by atoms with van der Waals surface area (Å²) in [7, 11) is 0. The first kappa shape index (κ1) is 30.4. The van der Waals surface area contributed by atoms with Crippen LogP contribution in [-0.4, -0.2) is 59.8 Å². The summed E-state index contributed by atoms with van der Waals surface area (Å²) in [6, 6.07) is 13.1. The summed E-state index contributed by atoms with van der Waals surface area (Å²) >= 11 is 0. The maximum absolute atomic E-state index is 14.1. The van der Waals surface area contributed by atoms with E-state index in [9.17, 15) is 22.8 Å². The molecule has 43 heavy (non-hydrogen) atoms. The number of aromatic nitrogens is 2. The Balaban J connectivity index is 1.51. The smallest absolute Gasteiger partial charge is 0.379 e. The topological polar surface area (TPSA) is 102 Å². The molecule has 4 aromatic rings. The minimum atomic E-state index is -4.56. The highest BCUT2D eigenvalue weighted by Gasteiger charge is 2.31. The van der Waals surface area contributed by atoms with Gasteiger partial charge in [-0.1, -0.05) is 12.1 Å². The van der Waals surface area contributed by atoms with Crippen LogP contribution in [0.15, 0.2) is 65.6 Å². The molecule has 8 nitrogen and oxygen atoms in total. The Kier molecular flexibility index (Phi) is 9.24. The fraction of sp³-hybridized carbons (Fsp3) is 0.344. The number of amides is 1. The van der Waals surface area contributed by atoms with Crippen LogP contribution in [-0.2, 0) is 23.9 Å². The molecule has 3 N–H and O–H groups in total. The van der Waals surface area contributed by atoms with Gasteiger partial charge in [0.05, 0.1) is 24.3 Å². The first-order valence-electron chi connectivity index (χ1n) is 14.3. The Morgan fingerprint density at radius 1 is 1.05 bits per heavy atom. The standard InChI is InChI=1S/C32H34F3N5O3/c1-21-7-8-26(38-30(41)22-4-2-5-24(16-22)32(33,34)35)18-27(21)28-17-23-20-37-25(6-3-9-36)19-29(23)40(31(28)42)11-10-39-12-14-43-15-13-39/h2,4-5,7-8,16-20H,3,6,9-15,36H2,1H3,(H,38,41). The molecule has 1 amide bonds. The van der Waals surface area contributed by atoms with Crippen LogP contribution in [0, 0.1) is 6.92 Å². The van der Waals surface area contributed by atoms with Crippen LogP contribution in [0.3, 0.4) is 0 Å². The lowest BCUT2D eigenvalue weighted by Gasteiger charge is -2.27. The van der Waals surface area contributed by atoms with Gasteiger partial charge in [-0.25, -0.2) is 0 Å². The van der Waals surface area contributed by atoms with Crippen LogP contribution in [0.4, 0.5) is 18.9 Å². The van der Waals surface area contributed by atoms with Crippen molar-refractivity contribution in [2.45, 2.75) is 32.5 Å². The second kappa shape index (κ2) is 13.1. The SMILES string of the molecule is Cc1ccc(NC(=O)c2cccc(C(F)(F)F)c2)cc1-c1cc2cnc(CCCN)cc2n(CCN2CCOCC2)c1=O. The number of nitrogens with zero attached hydrogens (tertiary/aromatic N) is 3. The second-order valence-electron chi connectivity index (χ2n) is 10.7. The van der Waals surface area contributed by atoms with Gasteiger partial charge in [-0.3, -0.25) is 19.5 Å². The Hall–Kier alpha value is -4.06. The molecule has 1 aliphatic rings. The second-order valence-corrected chi connectivity index (χ2v) is 10.7. The zero-order valence-corrected chi connectivity index (χ0v) is 23.9. The molecule has 5 rings (SSSR count). The van der Waals surface area contributed by atoms with Gasteiger partial charge in [0.25, 0.3) is 11.5 Å². The van der Waals surface area contributed by atoms with Crippen LogP contribution in [0.1, 0.15) is 33.6 Å². The average Bonchev–Trinajstić information content (AvgIpc) is 3.00. The molecule has 1 saturated heterocycles. The van der Waals surface area contributed by atoms with Gasteiger partial charge in [0.2, 0.25) is 0 Å². The number of nitrogens with one attached hydrogen (secondary N) is 1. The molecule has 0 bridgehead atoms. The van der Waals surface area contributed by atoms with Gasteiger partial charge in [0.15, 0.2) is 0 Å². The summed E-state index contributed by atoms with van der Waals surface area (Å²) in [6.07, 6.45) is -1.31. The van der Waals surface area contributed by atoms with E-state index in [1.54, 1.807) is 29.0 Å². The predicted molar refractivity (Wildman–Crippen MR) is 160 cm³/mol. The molecule has 0 aliphatic carbocycles. The van der Waals surface area contributed by atoms with E-state index in [0.29, 0.717) is 56.1 Å². The van der Waals surface area contributed by atoms with E-state index in [4.69, 9.17) is 10.5 Å². The number of benzene rings is 2. The van der Waals surface area contributed by atoms with Gasteiger partial charge in [-0.15, -0.1) is 0 Å². The number of morpholine rings is 1. The fourth-order valence-corrected chi connectivity index (χ4v) is 5.25. The van der Waals surface area contributed by atoms with Crippen molar-refractivity contribution in [1.29, 1.82) is 0 Å². The van der Waals surface area contributed by atoms with E-state index < -0.39 is 17.6 Å². The zero-order valence-electron chi connectivity index (χ0n) is 23.9. The molecule has 0 atom stereocenters. The summed E-state index contributed by atoms with van der Waals surface area (Å²) in [5.41, 5.74) is 8.37. The normalized spacial score (nSPS) is 14.3. The molecule has 0 radical (unpaired) electrons. The van der Waals surface area contributed by atoms with E-state index in [1.807, 2.05) is 19.1 Å². The summed E-state index contributed by atoms with van der Waals surface area (Å²) in [4.78, 5) is 33.9. The van der Waals surface area contributed by atoms with E-state index in [-0.39, 0.29) is 11.1 Å². The summed E-state index contributed by atoms with van der Waals surface area (Å²) < 4.78 is 46.8. The minimum Gasteiger partial charge on any atom is -0.379 e. The van der Waals surface area contributed by atoms with E-state index in [2.05, 4.69) is 15.2 Å². The van der Waals surface area contributed by atoms with Crippen LogP contribution in [0.5, 0.6) is 0 Å². The molecule has 0 spiro atoms. The molecule has 2 aromatic heterocycles. The third-order valence-corrected chi connectivity index (χ3v) is 7.65. The summed E-state index contributed by atoms with van der Waals surface area (Å²) in [6.45, 7) is 6.45. The van der Waals surface area contributed by atoms with Gasteiger partial charge in [0, 0.05) is 60.3 Å². The highest BCUT2D eigenvalue weighted by molar-refractivity contribution is 6.04. The molecular formula is C32H34F3N5O3. The van der Waals surface area contributed by atoms with Crippen molar-refractivity contribution >= 4 is 22.5 Å². The molecule has 11 heteroatoms. The summed E-state index contributed by atoms with van der Waals surface area (Å²) in [5, 5.41) is 3.48. The Bertz CT molecular complexity index is 1680. The Labute approximate surface area is 247 Å². The number of anilines is 1. The van der Waals surface area contributed by atoms with E-state index in [1.165, 1.54) is 12.1 Å². The quantitative estimate of drug-likeness (QED) is 0.287. The van der Waals surface area contributed by atoms with Crippen LogP contribution in [0.2, 0.25) is 0 Å². The first-order valence-corrected chi connectivity index (χ1v) is 14.3. The van der Waals surface area contributed by atoms with E-state index in [0.717, 1.165) is 53.8 Å². The zero-order chi connectivity index (χ0) is 30.6. The number of rotatable bonds is 9. The number of pyridine rings is 2. The van der Waals surface area contributed by atoms with Gasteiger partial charge in [0.1, 0.15) is 0 Å². The highest BCUT2D eigenvalue weighted by Crippen LogP contribution is 2.30. The first-order chi connectivity index (χ1) is 20.6. The van der Waals surface area contributed by atoms with Crippen molar-refractivity contribution in [2.75, 3.05) is 44.7 Å². The van der Waals surface area contributed by atoms with Crippen molar-refractivity contribution < 1.29 is 22.7 Å². The van der Waals surface area contributed by atoms with Crippen LogP contribution in [0.25, 0.3) is 22.0 Å². The number of carbonyl (C=O) groups is 1. The number of halogens is 3. The van der Waals surface area contributed by atoms with Gasteiger partial charge in [-0.2, -0.15) is 13.2 Å². The number of aryl methyl sites for hydroxylation is 2. The van der Waals surface area contributed by atoms with Gasteiger partial charge >= 0.3 is 6.18 Å². The Morgan fingerprint density at radius 2 is 1.84 bits per heavy atom. The summed E-state index contributed by atoms with van der Waals surface area (Å²) in [5.74, 6) is -0.684. The van der Waals surface area contributed by atoms with E-state index >= 15 is 0 Å². The number of nitrogens with two attached hydrogens (primary N) is 1. The molecule has 2 aromatic carbocycles. The average molecular weight is 594 g/mol. The van der Waals surface area contributed by atoms with Crippen molar-refractivity contribution in [3.8, 4) is 11.1 Å². The van der Waals surface area contributed by atoms with Crippen molar-refractivity contribution in [3.05, 3.63) is 93.5 Å². The predicted octanol–water partition coefficient (Wildman–Crippen LogP) is 4.87. The van der Waals surface area contributed by atoms with Gasteiger partial charge in [-0.05, 0) is 79.9 Å². The van der Waals surface area contributed by atoms with Crippen molar-refractivity contribution in [1.82, 2.24) is 14.5 Å². The molecular weight excluding hydrogens is 559 g/mol. The number of carbonyl (C=O) groups excluding carboxylic acids is 1. The molecule has 1 fully saturated rings. The molecule has 3 heterocycles.